The van der Waals surface area contributed by atoms with Crippen molar-refractivity contribution in [1.82, 2.24) is 15.0 Å². The lowest BCUT2D eigenvalue weighted by atomic mass is 9.68. The third-order valence-corrected chi connectivity index (χ3v) is 8.19. The molecule has 3 atom stereocenters. The summed E-state index contributed by atoms with van der Waals surface area (Å²) in [6.07, 6.45) is 1.62. The number of benzene rings is 1. The van der Waals surface area contributed by atoms with E-state index in [1.807, 2.05) is 9.24 Å². The zero-order chi connectivity index (χ0) is 24.8. The van der Waals surface area contributed by atoms with Gasteiger partial charge in [-0.2, -0.15) is 0 Å². The Morgan fingerprint density at radius 3 is 2.52 bits per heavy atom. The van der Waals surface area contributed by atoms with Gasteiger partial charge in [0, 0.05) is 12.3 Å². The van der Waals surface area contributed by atoms with Gasteiger partial charge in [0.15, 0.2) is 7.85 Å². The number of esters is 1. The first-order valence-electron chi connectivity index (χ1n) is 10.1. The summed E-state index contributed by atoms with van der Waals surface area (Å²) in [5, 5.41) is 7.85. The maximum Gasteiger partial charge on any atom is 0.338 e. The number of ether oxygens (including phenoxy) is 1. The van der Waals surface area contributed by atoms with Crippen LogP contribution in [0.2, 0.25) is 5.02 Å². The van der Waals surface area contributed by atoms with Gasteiger partial charge in [-0.3, -0.25) is 4.39 Å². The summed E-state index contributed by atoms with van der Waals surface area (Å²) in [4.78, 5) is 12.6. The summed E-state index contributed by atoms with van der Waals surface area (Å²) < 4.78 is 50.6. The number of alkyl halides is 3. The molecule has 2 heterocycles. The zero-order valence-electron chi connectivity index (χ0n) is 18.7. The second-order valence-electron chi connectivity index (χ2n) is 8.26. The minimum absolute atomic E-state index is 0.0522. The molecule has 3 rings (SSSR count). The molecule has 12 heteroatoms. The average Bonchev–Trinajstić information content (AvgIpc) is 3.34. The Hall–Kier alpha value is -1.90. The van der Waals surface area contributed by atoms with Crippen molar-refractivity contribution < 1.29 is 22.7 Å². The first-order chi connectivity index (χ1) is 15.2. The molecular weight excluding hydrogens is 493 g/mol. The molecule has 0 radical (unpaired) electrons. The Kier molecular flexibility index (Phi) is 7.05. The molecule has 0 amide bonds. The van der Waals surface area contributed by atoms with Crippen molar-refractivity contribution in [2.75, 3.05) is 6.61 Å². The van der Waals surface area contributed by atoms with E-state index in [2.05, 4.69) is 10.3 Å². The molecule has 0 aliphatic heterocycles. The van der Waals surface area contributed by atoms with Crippen LogP contribution in [0.25, 0.3) is 16.3 Å². The second kappa shape index (κ2) is 9.04. The smallest absolute Gasteiger partial charge is 0.338 e. The number of carbonyl (C=O) groups excluding carboxylic acids is 1. The van der Waals surface area contributed by atoms with Crippen LogP contribution in [-0.2, 0) is 9.89 Å². The van der Waals surface area contributed by atoms with Crippen LogP contribution in [-0.4, -0.2) is 46.9 Å². The standard InChI is InChI=1S/C21H23BClF3N3O2PS/c1-5-31-18(30)12-7-16(33-10-12)15-9-29(28-27-15)17-11(2)6-13(8-14(17)23)21(32,19(3,22)24)20(4,25)26/h6-10H,5,22,32H2,1-4H3. The molecule has 3 aromatic rings. The van der Waals surface area contributed by atoms with Crippen molar-refractivity contribution in [3.63, 3.8) is 0 Å². The average molecular weight is 516 g/mol. The van der Waals surface area contributed by atoms with Crippen molar-refractivity contribution in [3.8, 4) is 16.3 Å². The van der Waals surface area contributed by atoms with E-state index in [0.29, 0.717) is 34.3 Å². The highest BCUT2D eigenvalue weighted by atomic mass is 35.5. The topological polar surface area (TPSA) is 57.0 Å². The molecule has 5 nitrogen and oxygen atoms in total. The molecule has 0 saturated carbocycles. The molecule has 1 aromatic carbocycles. The van der Waals surface area contributed by atoms with Gasteiger partial charge in [0.05, 0.1) is 44.7 Å². The quantitative estimate of drug-likeness (QED) is 0.247. The number of thiophene rings is 1. The van der Waals surface area contributed by atoms with Gasteiger partial charge < -0.3 is 4.74 Å². The predicted octanol–water partition coefficient (Wildman–Crippen LogP) is 5.18. The van der Waals surface area contributed by atoms with Gasteiger partial charge in [0.25, 0.3) is 5.92 Å². The number of aromatic nitrogens is 3. The van der Waals surface area contributed by atoms with Crippen molar-refractivity contribution in [1.29, 1.82) is 0 Å². The molecule has 33 heavy (non-hydrogen) atoms. The normalized spacial score (nSPS) is 15.7. The number of halogens is 4. The van der Waals surface area contributed by atoms with Crippen molar-refractivity contribution in [2.45, 2.75) is 44.3 Å². The molecule has 0 N–H and O–H groups in total. The van der Waals surface area contributed by atoms with E-state index in [-0.39, 0.29) is 17.2 Å². The van der Waals surface area contributed by atoms with Crippen LogP contribution in [0.1, 0.15) is 42.3 Å². The lowest BCUT2D eigenvalue weighted by Crippen LogP contribution is -2.53. The number of aryl methyl sites for hydroxylation is 1. The number of nitrogens with zero attached hydrogens (tertiary/aromatic N) is 3. The molecule has 176 valence electrons. The van der Waals surface area contributed by atoms with Crippen molar-refractivity contribution in [2.24, 2.45) is 0 Å². The molecule has 3 unspecified atom stereocenters. The maximum atomic E-state index is 15.0. The summed E-state index contributed by atoms with van der Waals surface area (Å²) in [6, 6.07) is 4.48. The van der Waals surface area contributed by atoms with Crippen LogP contribution in [0.4, 0.5) is 13.2 Å². The minimum Gasteiger partial charge on any atom is -0.462 e. The van der Waals surface area contributed by atoms with Gasteiger partial charge in [-0.05, 0) is 44.0 Å². The van der Waals surface area contributed by atoms with Gasteiger partial charge in [-0.1, -0.05) is 22.9 Å². The first-order valence-corrected chi connectivity index (χ1v) is 11.9. The highest BCUT2D eigenvalue weighted by molar-refractivity contribution is 7.19. The van der Waals surface area contributed by atoms with Crippen molar-refractivity contribution >= 4 is 46.0 Å². The second-order valence-corrected chi connectivity index (χ2v) is 10.4. The van der Waals surface area contributed by atoms with Crippen LogP contribution in [0.3, 0.4) is 0 Å². The maximum absolute atomic E-state index is 15.0. The first kappa shape index (κ1) is 25.7. The van der Waals surface area contributed by atoms with E-state index >= 15 is 4.39 Å². The molecule has 0 spiro atoms. The largest absolute Gasteiger partial charge is 0.462 e. The van der Waals surface area contributed by atoms with E-state index in [9.17, 15) is 13.6 Å². The van der Waals surface area contributed by atoms with E-state index < -0.39 is 22.6 Å². The lowest BCUT2D eigenvalue weighted by Gasteiger charge is -2.43. The predicted molar refractivity (Wildman–Crippen MR) is 130 cm³/mol. The molecule has 0 aliphatic rings. The fraction of sp³-hybridized carbons (Fsp3) is 0.381. The number of rotatable bonds is 7. The number of hydrogen-bond acceptors (Lipinski definition) is 5. The Balaban J connectivity index is 2.02. The lowest BCUT2D eigenvalue weighted by molar-refractivity contribution is -0.0588. The zero-order valence-corrected chi connectivity index (χ0v) is 21.5. The number of carbonyl (C=O) groups is 1. The van der Waals surface area contributed by atoms with E-state index in [0.717, 1.165) is 14.8 Å². The van der Waals surface area contributed by atoms with E-state index in [1.165, 1.54) is 28.2 Å². The molecule has 0 fully saturated rings. The van der Waals surface area contributed by atoms with Gasteiger partial charge in [-0.15, -0.1) is 25.7 Å². The van der Waals surface area contributed by atoms with Gasteiger partial charge in [-0.25, -0.2) is 18.3 Å². The molecule has 0 aliphatic carbocycles. The summed E-state index contributed by atoms with van der Waals surface area (Å²) in [5.41, 5.74) is -0.339. The molecule has 0 saturated heterocycles. The molecule has 0 bridgehead atoms. The van der Waals surface area contributed by atoms with Crippen LogP contribution >= 0.6 is 32.2 Å². The van der Waals surface area contributed by atoms with E-state index in [1.54, 1.807) is 31.5 Å². The Morgan fingerprint density at radius 1 is 1.30 bits per heavy atom. The summed E-state index contributed by atoms with van der Waals surface area (Å²) >= 11 is 7.79. The highest BCUT2D eigenvalue weighted by Gasteiger charge is 2.58. The van der Waals surface area contributed by atoms with Crippen LogP contribution < -0.4 is 0 Å². The van der Waals surface area contributed by atoms with Crippen LogP contribution in [0, 0.1) is 6.92 Å². The minimum atomic E-state index is -3.39. The van der Waals surface area contributed by atoms with Crippen LogP contribution in [0.15, 0.2) is 29.8 Å². The Morgan fingerprint density at radius 2 is 1.97 bits per heavy atom. The molecular formula is C21H23BClF3N3O2PS. The third-order valence-electron chi connectivity index (χ3n) is 5.42. The van der Waals surface area contributed by atoms with E-state index in [4.69, 9.17) is 16.3 Å². The highest BCUT2D eigenvalue weighted by Crippen LogP contribution is 2.54. The SMILES string of the molecule is BC(C)(F)C(P)(c1cc(C)c(-n2cc(-c3cc(C(=O)OCC)cs3)nn2)c(Cl)c1)C(C)(F)F. The summed E-state index contributed by atoms with van der Waals surface area (Å²) in [7, 11) is 3.11. The fourth-order valence-corrected chi connectivity index (χ4v) is 5.00. The number of hydrogen-bond donors (Lipinski definition) is 0. The summed E-state index contributed by atoms with van der Waals surface area (Å²) in [6.45, 7) is 5.48. The van der Waals surface area contributed by atoms with Gasteiger partial charge >= 0.3 is 5.97 Å². The molecule has 2 aromatic heterocycles. The van der Waals surface area contributed by atoms with Crippen molar-refractivity contribution in [3.05, 3.63) is 51.5 Å². The van der Waals surface area contributed by atoms with Gasteiger partial charge in [0.1, 0.15) is 5.69 Å². The summed E-state index contributed by atoms with van der Waals surface area (Å²) in [5.74, 6) is -3.81. The third kappa shape index (κ3) is 4.70. The Bertz CT molecular complexity index is 1150. The fourth-order valence-electron chi connectivity index (χ4n) is 3.65. The van der Waals surface area contributed by atoms with Crippen LogP contribution in [0.5, 0.6) is 0 Å². The van der Waals surface area contributed by atoms with Gasteiger partial charge in [0.2, 0.25) is 0 Å². The monoisotopic (exact) mass is 515 g/mol. The Labute approximate surface area is 202 Å².